The van der Waals surface area contributed by atoms with Crippen LogP contribution in [0.2, 0.25) is 0 Å². The van der Waals surface area contributed by atoms with E-state index in [9.17, 15) is 4.79 Å². The molecule has 3 nitrogen and oxygen atoms in total. The number of amides is 1. The summed E-state index contributed by atoms with van der Waals surface area (Å²) in [6.07, 6.45) is 2.29. The average Bonchev–Trinajstić information content (AvgIpc) is 3.02. The first-order valence-electron chi connectivity index (χ1n) is 8.76. The Hall–Kier alpha value is -2.13. The second-order valence-corrected chi connectivity index (χ2v) is 6.69. The minimum atomic E-state index is 0.110. The number of nitrogens with zero attached hydrogens (tertiary/aromatic N) is 1. The lowest BCUT2D eigenvalue weighted by Crippen LogP contribution is -2.36. The maximum absolute atomic E-state index is 12.4. The predicted octanol–water partition coefficient (Wildman–Crippen LogP) is 3.76. The molecule has 1 saturated heterocycles. The zero-order chi connectivity index (χ0) is 16.9. The van der Waals surface area contributed by atoms with Crippen LogP contribution in [-0.2, 0) is 11.3 Å². The van der Waals surface area contributed by atoms with Gasteiger partial charge < -0.3 is 5.32 Å². The molecule has 0 aromatic heterocycles. The van der Waals surface area contributed by atoms with Gasteiger partial charge in [0.25, 0.3) is 0 Å². The third-order valence-electron chi connectivity index (χ3n) is 5.00. The SMILES string of the molecule is Cc1ccccc1CNC(=O)CN1CCCC1c1ccccc1C. The van der Waals surface area contributed by atoms with Gasteiger partial charge in [0, 0.05) is 12.6 Å². The minimum Gasteiger partial charge on any atom is -0.351 e. The van der Waals surface area contributed by atoms with Crippen molar-refractivity contribution in [1.29, 1.82) is 0 Å². The first-order chi connectivity index (χ1) is 11.6. The number of rotatable bonds is 5. The van der Waals surface area contributed by atoms with Crippen molar-refractivity contribution in [3.63, 3.8) is 0 Å². The number of nitrogens with one attached hydrogen (secondary N) is 1. The summed E-state index contributed by atoms with van der Waals surface area (Å²) >= 11 is 0. The normalized spacial score (nSPS) is 17.8. The van der Waals surface area contributed by atoms with Crippen molar-refractivity contribution in [3.05, 3.63) is 70.8 Å². The molecule has 1 N–H and O–H groups in total. The van der Waals surface area contributed by atoms with Crippen LogP contribution in [0.25, 0.3) is 0 Å². The van der Waals surface area contributed by atoms with E-state index in [1.165, 1.54) is 22.3 Å². The van der Waals surface area contributed by atoms with E-state index in [4.69, 9.17) is 0 Å². The Morgan fingerprint density at radius 3 is 2.54 bits per heavy atom. The van der Waals surface area contributed by atoms with E-state index < -0.39 is 0 Å². The van der Waals surface area contributed by atoms with Gasteiger partial charge in [-0.25, -0.2) is 0 Å². The molecule has 0 bridgehead atoms. The summed E-state index contributed by atoms with van der Waals surface area (Å²) in [6, 6.07) is 17.1. The van der Waals surface area contributed by atoms with Crippen molar-refractivity contribution in [2.75, 3.05) is 13.1 Å². The van der Waals surface area contributed by atoms with Gasteiger partial charge in [-0.2, -0.15) is 0 Å². The van der Waals surface area contributed by atoms with Crippen LogP contribution in [0.4, 0.5) is 0 Å². The molecule has 126 valence electrons. The van der Waals surface area contributed by atoms with Crippen LogP contribution in [0.15, 0.2) is 48.5 Å². The molecule has 1 unspecified atom stereocenters. The number of aryl methyl sites for hydroxylation is 2. The Morgan fingerprint density at radius 2 is 1.79 bits per heavy atom. The van der Waals surface area contributed by atoms with E-state index in [0.29, 0.717) is 19.1 Å². The predicted molar refractivity (Wildman–Crippen MR) is 97.8 cm³/mol. The highest BCUT2D eigenvalue weighted by Gasteiger charge is 2.28. The van der Waals surface area contributed by atoms with Crippen molar-refractivity contribution in [2.45, 2.75) is 39.3 Å². The highest BCUT2D eigenvalue weighted by Crippen LogP contribution is 2.33. The number of benzene rings is 2. The molecule has 1 aliphatic heterocycles. The van der Waals surface area contributed by atoms with E-state index in [1.54, 1.807) is 0 Å². The van der Waals surface area contributed by atoms with Crippen molar-refractivity contribution in [3.8, 4) is 0 Å². The Balaban J connectivity index is 1.59. The quantitative estimate of drug-likeness (QED) is 0.909. The molecule has 1 aliphatic rings. The lowest BCUT2D eigenvalue weighted by Gasteiger charge is -2.25. The molecule has 2 aromatic carbocycles. The maximum Gasteiger partial charge on any atom is 0.234 e. The van der Waals surface area contributed by atoms with Gasteiger partial charge in [0.05, 0.1) is 6.54 Å². The first kappa shape index (κ1) is 16.7. The molecule has 0 saturated carbocycles. The van der Waals surface area contributed by atoms with Crippen molar-refractivity contribution in [2.24, 2.45) is 0 Å². The van der Waals surface area contributed by atoms with Crippen LogP contribution in [0.1, 0.15) is 41.1 Å². The molecule has 3 rings (SSSR count). The monoisotopic (exact) mass is 322 g/mol. The maximum atomic E-state index is 12.4. The minimum absolute atomic E-state index is 0.110. The summed E-state index contributed by atoms with van der Waals surface area (Å²) in [6.45, 7) is 6.32. The molecule has 1 atom stereocenters. The fourth-order valence-corrected chi connectivity index (χ4v) is 3.57. The highest BCUT2D eigenvalue weighted by atomic mass is 16.2. The van der Waals surface area contributed by atoms with Gasteiger partial charge in [-0.3, -0.25) is 9.69 Å². The zero-order valence-corrected chi connectivity index (χ0v) is 14.6. The van der Waals surface area contributed by atoms with Crippen LogP contribution in [0.3, 0.4) is 0 Å². The molecule has 0 spiro atoms. The van der Waals surface area contributed by atoms with Gasteiger partial charge in [0.1, 0.15) is 0 Å². The molecular formula is C21H26N2O. The summed E-state index contributed by atoms with van der Waals surface area (Å²) in [5.74, 6) is 0.110. The van der Waals surface area contributed by atoms with Crippen molar-refractivity contribution >= 4 is 5.91 Å². The Labute approximate surface area is 144 Å². The summed E-state index contributed by atoms with van der Waals surface area (Å²) in [4.78, 5) is 14.7. The molecule has 0 radical (unpaired) electrons. The van der Waals surface area contributed by atoms with Gasteiger partial charge in [0.2, 0.25) is 5.91 Å². The first-order valence-corrected chi connectivity index (χ1v) is 8.76. The highest BCUT2D eigenvalue weighted by molar-refractivity contribution is 5.78. The standard InChI is InChI=1S/C21H26N2O/c1-16-8-3-5-10-18(16)14-22-21(24)15-23-13-7-12-20(23)19-11-6-4-9-17(19)2/h3-6,8-11,20H,7,12-15H2,1-2H3,(H,22,24). The third kappa shape index (κ3) is 3.85. The number of carbonyl (C=O) groups excluding carboxylic acids is 1. The summed E-state index contributed by atoms with van der Waals surface area (Å²) in [7, 11) is 0. The van der Waals surface area contributed by atoms with E-state index in [2.05, 4.69) is 60.5 Å². The molecule has 24 heavy (non-hydrogen) atoms. The van der Waals surface area contributed by atoms with Crippen molar-refractivity contribution in [1.82, 2.24) is 10.2 Å². The van der Waals surface area contributed by atoms with Gasteiger partial charge in [-0.1, -0.05) is 48.5 Å². The third-order valence-corrected chi connectivity index (χ3v) is 5.00. The Morgan fingerprint density at radius 1 is 1.08 bits per heavy atom. The Bertz CT molecular complexity index is 710. The van der Waals surface area contributed by atoms with Crippen LogP contribution < -0.4 is 5.32 Å². The van der Waals surface area contributed by atoms with Crippen LogP contribution >= 0.6 is 0 Å². The van der Waals surface area contributed by atoms with E-state index in [0.717, 1.165) is 19.4 Å². The molecule has 0 aliphatic carbocycles. The molecule has 2 aromatic rings. The second-order valence-electron chi connectivity index (χ2n) is 6.69. The number of hydrogen-bond acceptors (Lipinski definition) is 2. The van der Waals surface area contributed by atoms with Crippen LogP contribution in [0.5, 0.6) is 0 Å². The molecule has 3 heteroatoms. The smallest absolute Gasteiger partial charge is 0.234 e. The average molecular weight is 322 g/mol. The Kier molecular flexibility index (Phi) is 5.31. The lowest BCUT2D eigenvalue weighted by atomic mass is 9.99. The zero-order valence-electron chi connectivity index (χ0n) is 14.6. The van der Waals surface area contributed by atoms with E-state index >= 15 is 0 Å². The fourth-order valence-electron chi connectivity index (χ4n) is 3.57. The van der Waals surface area contributed by atoms with Crippen LogP contribution in [-0.4, -0.2) is 23.9 Å². The van der Waals surface area contributed by atoms with Crippen LogP contribution in [0, 0.1) is 13.8 Å². The topological polar surface area (TPSA) is 32.3 Å². The van der Waals surface area contributed by atoms with Crippen molar-refractivity contribution < 1.29 is 4.79 Å². The van der Waals surface area contributed by atoms with Gasteiger partial charge >= 0.3 is 0 Å². The summed E-state index contributed by atoms with van der Waals surface area (Å²) in [5.41, 5.74) is 5.08. The van der Waals surface area contributed by atoms with Gasteiger partial charge in [0.15, 0.2) is 0 Å². The fraction of sp³-hybridized carbons (Fsp3) is 0.381. The second kappa shape index (κ2) is 7.63. The lowest BCUT2D eigenvalue weighted by molar-refractivity contribution is -0.122. The molecule has 1 heterocycles. The summed E-state index contributed by atoms with van der Waals surface area (Å²) < 4.78 is 0. The summed E-state index contributed by atoms with van der Waals surface area (Å²) in [5, 5.41) is 3.07. The van der Waals surface area contributed by atoms with Gasteiger partial charge in [-0.15, -0.1) is 0 Å². The molecule has 1 amide bonds. The van der Waals surface area contributed by atoms with E-state index in [-0.39, 0.29) is 5.91 Å². The number of hydrogen-bond donors (Lipinski definition) is 1. The molecule has 1 fully saturated rings. The molecular weight excluding hydrogens is 296 g/mol. The van der Waals surface area contributed by atoms with Gasteiger partial charge in [-0.05, 0) is 55.5 Å². The number of likely N-dealkylation sites (tertiary alicyclic amines) is 1. The van der Waals surface area contributed by atoms with E-state index in [1.807, 2.05) is 12.1 Å². The largest absolute Gasteiger partial charge is 0.351 e. The number of carbonyl (C=O) groups is 1.